The third-order valence-corrected chi connectivity index (χ3v) is 5.47. The van der Waals surface area contributed by atoms with Crippen LogP contribution in [0.2, 0.25) is 0 Å². The van der Waals surface area contributed by atoms with Gasteiger partial charge in [-0.25, -0.2) is 8.42 Å². The summed E-state index contributed by atoms with van der Waals surface area (Å²) in [6.07, 6.45) is 0. The number of nitrogens with one attached hydrogen (secondary N) is 1. The Morgan fingerprint density at radius 3 is 2.42 bits per heavy atom. The van der Waals surface area contributed by atoms with E-state index in [4.69, 9.17) is 10.5 Å². The van der Waals surface area contributed by atoms with E-state index in [0.29, 0.717) is 23.8 Å². The van der Waals surface area contributed by atoms with Crippen LogP contribution in [0.3, 0.4) is 0 Å². The molecule has 0 aliphatic carbocycles. The Balaban J connectivity index is 2.05. The van der Waals surface area contributed by atoms with Crippen molar-refractivity contribution in [3.63, 3.8) is 0 Å². The molecule has 1 aliphatic rings. The predicted molar refractivity (Wildman–Crippen MR) is 73.9 cm³/mol. The molecule has 3 N–H and O–H groups in total. The van der Waals surface area contributed by atoms with E-state index in [1.165, 1.54) is 4.90 Å². The standard InChI is InChI=1S/C13H20N2O3S/c1-11(15-6-8-18-9-7-15)10-19(16,17)13-4-2-12(14)3-5-13/h2-5,11H,6-10,14H2,1H3/p+1. The van der Waals surface area contributed by atoms with Crippen LogP contribution in [-0.4, -0.2) is 46.5 Å². The molecule has 0 amide bonds. The quantitative estimate of drug-likeness (QED) is 0.721. The molecule has 2 rings (SSSR count). The first-order valence-corrected chi connectivity index (χ1v) is 8.15. The van der Waals surface area contributed by atoms with E-state index in [1.54, 1.807) is 24.3 Å². The van der Waals surface area contributed by atoms with Crippen LogP contribution < -0.4 is 10.6 Å². The summed E-state index contributed by atoms with van der Waals surface area (Å²) in [5.41, 5.74) is 6.15. The molecule has 1 aromatic carbocycles. The predicted octanol–water partition coefficient (Wildman–Crippen LogP) is -0.654. The van der Waals surface area contributed by atoms with Crippen molar-refractivity contribution in [1.82, 2.24) is 0 Å². The van der Waals surface area contributed by atoms with Crippen molar-refractivity contribution in [1.29, 1.82) is 0 Å². The van der Waals surface area contributed by atoms with E-state index in [2.05, 4.69) is 0 Å². The average molecular weight is 285 g/mol. The molecule has 1 fully saturated rings. The summed E-state index contributed by atoms with van der Waals surface area (Å²) in [6, 6.07) is 6.47. The van der Waals surface area contributed by atoms with Crippen LogP contribution in [0.25, 0.3) is 0 Å². The highest BCUT2D eigenvalue weighted by atomic mass is 32.2. The summed E-state index contributed by atoms with van der Waals surface area (Å²) in [7, 11) is -3.24. The maximum absolute atomic E-state index is 12.3. The molecular weight excluding hydrogens is 264 g/mol. The fourth-order valence-electron chi connectivity index (χ4n) is 2.34. The van der Waals surface area contributed by atoms with Crippen LogP contribution in [0.5, 0.6) is 0 Å². The first kappa shape index (κ1) is 14.3. The molecule has 0 spiro atoms. The normalized spacial score (nSPS) is 19.2. The molecule has 1 saturated heterocycles. The number of ether oxygens (including phenoxy) is 1. The lowest BCUT2D eigenvalue weighted by atomic mass is 10.3. The van der Waals surface area contributed by atoms with Crippen molar-refractivity contribution in [2.75, 3.05) is 37.8 Å². The number of quaternary nitrogens is 1. The Morgan fingerprint density at radius 2 is 1.84 bits per heavy atom. The lowest BCUT2D eigenvalue weighted by molar-refractivity contribution is -0.928. The molecule has 5 nitrogen and oxygen atoms in total. The number of nitrogen functional groups attached to an aromatic ring is 1. The van der Waals surface area contributed by atoms with Gasteiger partial charge in [-0.2, -0.15) is 0 Å². The summed E-state index contributed by atoms with van der Waals surface area (Å²) >= 11 is 0. The number of rotatable bonds is 4. The molecule has 1 aromatic rings. The van der Waals surface area contributed by atoms with Crippen LogP contribution in [-0.2, 0) is 14.6 Å². The Morgan fingerprint density at radius 1 is 1.26 bits per heavy atom. The van der Waals surface area contributed by atoms with Crippen molar-refractivity contribution in [3.05, 3.63) is 24.3 Å². The van der Waals surface area contributed by atoms with E-state index in [9.17, 15) is 8.42 Å². The second kappa shape index (κ2) is 5.90. The molecule has 1 aliphatic heterocycles. The summed E-state index contributed by atoms with van der Waals surface area (Å²) in [4.78, 5) is 1.64. The van der Waals surface area contributed by atoms with Gasteiger partial charge in [-0.3, -0.25) is 0 Å². The minimum Gasteiger partial charge on any atom is -0.399 e. The first-order chi connectivity index (χ1) is 8.99. The Hall–Kier alpha value is -1.11. The largest absolute Gasteiger partial charge is 0.399 e. The van der Waals surface area contributed by atoms with Crippen molar-refractivity contribution in [2.45, 2.75) is 17.9 Å². The van der Waals surface area contributed by atoms with Gasteiger partial charge in [-0.05, 0) is 31.2 Å². The van der Waals surface area contributed by atoms with E-state index >= 15 is 0 Å². The number of nitrogens with two attached hydrogens (primary N) is 1. The third-order valence-electron chi connectivity index (χ3n) is 3.54. The van der Waals surface area contributed by atoms with Gasteiger partial charge in [-0.15, -0.1) is 0 Å². The maximum Gasteiger partial charge on any atom is 0.184 e. The molecule has 106 valence electrons. The molecule has 0 aromatic heterocycles. The van der Waals surface area contributed by atoms with Crippen LogP contribution in [0.4, 0.5) is 5.69 Å². The number of benzene rings is 1. The molecule has 1 atom stereocenters. The smallest absolute Gasteiger partial charge is 0.184 e. The molecule has 0 bridgehead atoms. The SMILES string of the molecule is CC(CS(=O)(=O)c1ccc(N)cc1)[NH+]1CCOCC1. The highest BCUT2D eigenvalue weighted by molar-refractivity contribution is 7.91. The molecule has 1 unspecified atom stereocenters. The fourth-order valence-corrected chi connectivity index (χ4v) is 3.98. The molecule has 6 heteroatoms. The Labute approximate surface area is 114 Å². The molecular formula is C13H21N2O3S+. The topological polar surface area (TPSA) is 73.8 Å². The Bertz CT molecular complexity index is 507. The zero-order valence-corrected chi connectivity index (χ0v) is 11.9. The van der Waals surface area contributed by atoms with E-state index < -0.39 is 9.84 Å². The van der Waals surface area contributed by atoms with Gasteiger partial charge in [0.2, 0.25) is 0 Å². The van der Waals surface area contributed by atoms with Gasteiger partial charge >= 0.3 is 0 Å². The van der Waals surface area contributed by atoms with E-state index in [-0.39, 0.29) is 11.8 Å². The van der Waals surface area contributed by atoms with Gasteiger partial charge in [0.1, 0.15) is 18.8 Å². The zero-order chi connectivity index (χ0) is 13.9. The second-order valence-corrected chi connectivity index (χ2v) is 7.06. The van der Waals surface area contributed by atoms with Crippen LogP contribution in [0.1, 0.15) is 6.92 Å². The highest BCUT2D eigenvalue weighted by Gasteiger charge is 2.27. The van der Waals surface area contributed by atoms with Crippen molar-refractivity contribution >= 4 is 15.5 Å². The van der Waals surface area contributed by atoms with Crippen molar-refractivity contribution in [2.24, 2.45) is 0 Å². The minimum absolute atomic E-state index is 0.0754. The van der Waals surface area contributed by atoms with Gasteiger partial charge in [0.25, 0.3) is 0 Å². The molecule has 0 radical (unpaired) electrons. The number of hydrogen-bond donors (Lipinski definition) is 2. The van der Waals surface area contributed by atoms with Gasteiger partial charge < -0.3 is 15.4 Å². The molecule has 0 saturated carbocycles. The minimum atomic E-state index is -3.24. The maximum atomic E-state index is 12.3. The van der Waals surface area contributed by atoms with Gasteiger partial charge in [0.05, 0.1) is 24.2 Å². The second-order valence-electron chi connectivity index (χ2n) is 5.02. The number of sulfone groups is 1. The summed E-state index contributed by atoms with van der Waals surface area (Å²) in [5, 5.41) is 0. The van der Waals surface area contributed by atoms with Crippen LogP contribution in [0, 0.1) is 0 Å². The number of hydrogen-bond acceptors (Lipinski definition) is 4. The molecule has 19 heavy (non-hydrogen) atoms. The lowest BCUT2D eigenvalue weighted by Gasteiger charge is -2.29. The highest BCUT2D eigenvalue weighted by Crippen LogP contribution is 2.13. The lowest BCUT2D eigenvalue weighted by Crippen LogP contribution is -3.17. The van der Waals surface area contributed by atoms with Gasteiger partial charge in [0, 0.05) is 5.69 Å². The zero-order valence-electron chi connectivity index (χ0n) is 11.1. The third kappa shape index (κ3) is 3.68. The number of anilines is 1. The van der Waals surface area contributed by atoms with Crippen molar-refractivity contribution < 1.29 is 18.1 Å². The van der Waals surface area contributed by atoms with Crippen molar-refractivity contribution in [3.8, 4) is 0 Å². The summed E-state index contributed by atoms with van der Waals surface area (Å²) in [5.74, 6) is 0.159. The van der Waals surface area contributed by atoms with E-state index in [0.717, 1.165) is 13.1 Å². The Kier molecular flexibility index (Phi) is 4.44. The molecule has 1 heterocycles. The van der Waals surface area contributed by atoms with E-state index in [1.807, 2.05) is 6.92 Å². The van der Waals surface area contributed by atoms with Gasteiger partial charge in [-0.1, -0.05) is 0 Å². The summed E-state index contributed by atoms with van der Waals surface area (Å²) < 4.78 is 29.9. The van der Waals surface area contributed by atoms with Crippen LogP contribution in [0.15, 0.2) is 29.2 Å². The van der Waals surface area contributed by atoms with Crippen LogP contribution >= 0.6 is 0 Å². The average Bonchev–Trinajstić information content (AvgIpc) is 2.40. The first-order valence-electron chi connectivity index (χ1n) is 6.49. The number of morpholine rings is 1. The monoisotopic (exact) mass is 285 g/mol. The fraction of sp³-hybridized carbons (Fsp3) is 0.538. The van der Waals surface area contributed by atoms with Gasteiger partial charge in [0.15, 0.2) is 9.84 Å². The summed E-state index contributed by atoms with van der Waals surface area (Å²) in [6.45, 7) is 5.15.